The van der Waals surface area contributed by atoms with Crippen molar-refractivity contribution in [1.29, 1.82) is 0 Å². The maximum absolute atomic E-state index is 12.2. The summed E-state index contributed by atoms with van der Waals surface area (Å²) in [4.78, 5) is 25.4. The van der Waals surface area contributed by atoms with E-state index < -0.39 is 11.6 Å². The first kappa shape index (κ1) is 28.0. The Morgan fingerprint density at radius 2 is 1.67 bits per heavy atom. The highest BCUT2D eigenvalue weighted by molar-refractivity contribution is 5.93. The molecule has 1 aliphatic heterocycles. The molecular weight excluding hydrogens is 496 g/mol. The predicted octanol–water partition coefficient (Wildman–Crippen LogP) is 6.17. The molecule has 3 aromatic rings. The second kappa shape index (κ2) is 12.2. The van der Waals surface area contributed by atoms with E-state index >= 15 is 0 Å². The van der Waals surface area contributed by atoms with Crippen LogP contribution in [0.15, 0.2) is 48.5 Å². The molecule has 1 aliphatic rings. The number of H-pyrrole nitrogens is 1. The highest BCUT2D eigenvalue weighted by atomic mass is 16.6. The number of aryl methyl sites for hydroxylation is 1. The number of aromatic nitrogens is 2. The SMILES string of the molecule is Cc1[nH]nc(C(=O)O)c1Nc1ccc(Cc2ccc(OCCC3CCN(C(=O)OC(C)(C)C)CC3)cc2)cc1. The van der Waals surface area contributed by atoms with Crippen molar-refractivity contribution in [3.05, 3.63) is 71.0 Å². The molecule has 0 aliphatic carbocycles. The molecule has 1 saturated heterocycles. The molecular formula is C30H38N4O5. The summed E-state index contributed by atoms with van der Waals surface area (Å²) in [5, 5.41) is 19.0. The number of carbonyl (C=O) groups is 2. The van der Waals surface area contributed by atoms with Gasteiger partial charge in [0.05, 0.1) is 18.0 Å². The van der Waals surface area contributed by atoms with Crippen LogP contribution < -0.4 is 10.1 Å². The number of rotatable bonds is 9. The van der Waals surface area contributed by atoms with E-state index in [9.17, 15) is 14.7 Å². The van der Waals surface area contributed by atoms with Crippen LogP contribution in [-0.4, -0.2) is 57.6 Å². The van der Waals surface area contributed by atoms with E-state index in [1.54, 1.807) is 11.8 Å². The molecule has 208 valence electrons. The van der Waals surface area contributed by atoms with Crippen LogP contribution in [0.25, 0.3) is 0 Å². The minimum atomic E-state index is -1.08. The van der Waals surface area contributed by atoms with Gasteiger partial charge in [0.15, 0.2) is 5.69 Å². The molecule has 2 aromatic carbocycles. The van der Waals surface area contributed by atoms with Crippen molar-refractivity contribution in [3.63, 3.8) is 0 Å². The summed E-state index contributed by atoms with van der Waals surface area (Å²) in [6, 6.07) is 16.1. The lowest BCUT2D eigenvalue weighted by Gasteiger charge is -2.33. The smallest absolute Gasteiger partial charge is 0.410 e. The lowest BCUT2D eigenvalue weighted by molar-refractivity contribution is 0.0177. The van der Waals surface area contributed by atoms with Crippen molar-refractivity contribution < 1.29 is 24.2 Å². The number of ether oxygens (including phenoxy) is 2. The Kier molecular flexibility index (Phi) is 8.79. The number of aromatic amines is 1. The Hall–Kier alpha value is -4.01. The van der Waals surface area contributed by atoms with Crippen LogP contribution in [0.3, 0.4) is 0 Å². The maximum atomic E-state index is 12.2. The lowest BCUT2D eigenvalue weighted by Crippen LogP contribution is -2.41. The quantitative estimate of drug-likeness (QED) is 0.301. The molecule has 4 rings (SSSR count). The molecule has 0 atom stereocenters. The molecule has 1 fully saturated rings. The van der Waals surface area contributed by atoms with Gasteiger partial charge in [0.1, 0.15) is 11.4 Å². The number of carboxylic acid groups (broad SMARTS) is 1. The number of piperidine rings is 1. The van der Waals surface area contributed by atoms with Crippen molar-refractivity contribution in [2.45, 2.75) is 59.0 Å². The normalized spacial score (nSPS) is 14.2. The average molecular weight is 535 g/mol. The largest absolute Gasteiger partial charge is 0.494 e. The van der Waals surface area contributed by atoms with Gasteiger partial charge in [0.25, 0.3) is 0 Å². The van der Waals surface area contributed by atoms with Gasteiger partial charge in [-0.3, -0.25) is 5.10 Å². The van der Waals surface area contributed by atoms with E-state index in [0.29, 0.717) is 23.9 Å². The fraction of sp³-hybridized carbons (Fsp3) is 0.433. The van der Waals surface area contributed by atoms with Crippen LogP contribution in [0.4, 0.5) is 16.2 Å². The molecule has 0 saturated carbocycles. The second-order valence-corrected chi connectivity index (χ2v) is 11.1. The monoisotopic (exact) mass is 534 g/mol. The minimum Gasteiger partial charge on any atom is -0.494 e. The van der Waals surface area contributed by atoms with Gasteiger partial charge in [-0.15, -0.1) is 0 Å². The first-order valence-electron chi connectivity index (χ1n) is 13.4. The van der Waals surface area contributed by atoms with Gasteiger partial charge in [0.2, 0.25) is 0 Å². The predicted molar refractivity (Wildman–Crippen MR) is 150 cm³/mol. The number of nitrogens with one attached hydrogen (secondary N) is 2. The number of anilines is 2. The van der Waals surface area contributed by atoms with Crippen LogP contribution in [0.2, 0.25) is 0 Å². The Bertz CT molecular complexity index is 1250. The van der Waals surface area contributed by atoms with Gasteiger partial charge in [-0.25, -0.2) is 9.59 Å². The number of amides is 1. The molecule has 9 heteroatoms. The number of aromatic carboxylic acids is 1. The molecule has 0 spiro atoms. The van der Waals surface area contributed by atoms with Crippen LogP contribution in [0.5, 0.6) is 5.75 Å². The average Bonchev–Trinajstić information content (AvgIpc) is 3.26. The number of likely N-dealkylation sites (tertiary alicyclic amines) is 1. The van der Waals surface area contributed by atoms with Gasteiger partial charge < -0.3 is 24.8 Å². The number of hydrogen-bond acceptors (Lipinski definition) is 6. The van der Waals surface area contributed by atoms with Crippen molar-refractivity contribution in [1.82, 2.24) is 15.1 Å². The topological polar surface area (TPSA) is 117 Å². The Balaban J connectivity index is 1.20. The number of carbonyl (C=O) groups excluding carboxylic acids is 1. The number of carboxylic acids is 1. The van der Waals surface area contributed by atoms with E-state index in [0.717, 1.165) is 55.8 Å². The summed E-state index contributed by atoms with van der Waals surface area (Å²) in [5.74, 6) is 0.328. The number of benzene rings is 2. The van der Waals surface area contributed by atoms with Gasteiger partial charge in [-0.2, -0.15) is 5.10 Å². The van der Waals surface area contributed by atoms with Crippen molar-refractivity contribution in [2.75, 3.05) is 25.0 Å². The molecule has 9 nitrogen and oxygen atoms in total. The summed E-state index contributed by atoms with van der Waals surface area (Å²) < 4.78 is 11.5. The van der Waals surface area contributed by atoms with E-state index in [1.807, 2.05) is 57.2 Å². The summed E-state index contributed by atoms with van der Waals surface area (Å²) in [6.45, 7) is 9.58. The van der Waals surface area contributed by atoms with Crippen molar-refractivity contribution in [2.24, 2.45) is 5.92 Å². The maximum Gasteiger partial charge on any atom is 0.410 e. The first-order chi connectivity index (χ1) is 18.6. The van der Waals surface area contributed by atoms with Gasteiger partial charge in [-0.1, -0.05) is 24.3 Å². The summed E-state index contributed by atoms with van der Waals surface area (Å²) >= 11 is 0. The molecule has 0 radical (unpaired) electrons. The Labute approximate surface area is 229 Å². The van der Waals surface area contributed by atoms with Gasteiger partial charge >= 0.3 is 12.1 Å². The van der Waals surface area contributed by atoms with E-state index in [4.69, 9.17) is 9.47 Å². The van der Waals surface area contributed by atoms with Crippen LogP contribution in [0.1, 0.15) is 67.3 Å². The third-order valence-corrected chi connectivity index (χ3v) is 6.77. The number of hydrogen-bond donors (Lipinski definition) is 3. The molecule has 2 heterocycles. The molecule has 0 bridgehead atoms. The Morgan fingerprint density at radius 3 is 2.26 bits per heavy atom. The summed E-state index contributed by atoms with van der Waals surface area (Å²) in [6.07, 6.45) is 3.47. The molecule has 0 unspecified atom stereocenters. The Morgan fingerprint density at radius 1 is 1.05 bits per heavy atom. The summed E-state index contributed by atoms with van der Waals surface area (Å²) in [5.41, 5.74) is 3.77. The molecule has 39 heavy (non-hydrogen) atoms. The van der Waals surface area contributed by atoms with E-state index in [-0.39, 0.29) is 11.8 Å². The van der Waals surface area contributed by atoms with E-state index in [2.05, 4.69) is 27.6 Å². The fourth-order valence-corrected chi connectivity index (χ4v) is 4.60. The highest BCUT2D eigenvalue weighted by Gasteiger charge is 2.26. The van der Waals surface area contributed by atoms with Crippen LogP contribution in [-0.2, 0) is 11.2 Å². The van der Waals surface area contributed by atoms with Crippen molar-refractivity contribution >= 4 is 23.4 Å². The van der Waals surface area contributed by atoms with Crippen LogP contribution in [0, 0.1) is 12.8 Å². The van der Waals surface area contributed by atoms with Crippen molar-refractivity contribution in [3.8, 4) is 5.75 Å². The minimum absolute atomic E-state index is 0.0255. The first-order valence-corrected chi connectivity index (χ1v) is 13.4. The third-order valence-electron chi connectivity index (χ3n) is 6.77. The zero-order valence-corrected chi connectivity index (χ0v) is 23.1. The summed E-state index contributed by atoms with van der Waals surface area (Å²) in [7, 11) is 0. The van der Waals surface area contributed by atoms with Gasteiger partial charge in [0, 0.05) is 18.8 Å². The fourth-order valence-electron chi connectivity index (χ4n) is 4.60. The lowest BCUT2D eigenvalue weighted by atomic mass is 9.94. The van der Waals surface area contributed by atoms with Gasteiger partial charge in [-0.05, 0) is 94.7 Å². The molecule has 1 amide bonds. The third kappa shape index (κ3) is 7.99. The zero-order chi connectivity index (χ0) is 28.0. The second-order valence-electron chi connectivity index (χ2n) is 11.1. The molecule has 1 aromatic heterocycles. The molecule has 3 N–H and O–H groups in total. The standard InChI is InChI=1S/C30H38N4O5/c1-20-26(27(28(35)36)33-32-20)31-24-9-5-22(6-10-24)19-23-7-11-25(12-8-23)38-18-15-21-13-16-34(17-14-21)29(37)39-30(2,3)4/h5-12,21,31H,13-19H2,1-4H3,(H,32,33)(H,35,36). The van der Waals surface area contributed by atoms with E-state index in [1.165, 1.54) is 5.56 Å². The van der Waals surface area contributed by atoms with Crippen LogP contribution >= 0.6 is 0 Å². The zero-order valence-electron chi connectivity index (χ0n) is 23.1. The number of nitrogens with zero attached hydrogens (tertiary/aromatic N) is 2. The highest BCUT2D eigenvalue weighted by Crippen LogP contribution is 2.25.